The van der Waals surface area contributed by atoms with Gasteiger partial charge >= 0.3 is 7.12 Å². The fourth-order valence-corrected chi connectivity index (χ4v) is 2.24. The summed E-state index contributed by atoms with van der Waals surface area (Å²) < 4.78 is 45.7. The maximum atomic E-state index is 14.5. The zero-order valence-corrected chi connectivity index (χ0v) is 14.2. The van der Waals surface area contributed by atoms with Gasteiger partial charge < -0.3 is 14.0 Å². The van der Waals surface area contributed by atoms with E-state index in [0.717, 1.165) is 0 Å². The van der Waals surface area contributed by atoms with E-state index in [1.807, 2.05) is 27.7 Å². The average Bonchev–Trinajstić information content (AvgIpc) is 2.57. The molecule has 2 rings (SSSR count). The Balaban J connectivity index is 2.43. The lowest BCUT2D eigenvalue weighted by Gasteiger charge is -2.32. The summed E-state index contributed by atoms with van der Waals surface area (Å²) >= 11 is 0. The monoisotopic (exact) mass is 312 g/mol. The standard InChI is InChI=1S/C16H23BF2O3/c1-14(2,20-7)10-8-11(18)13(12(19)9-10)17-21-15(3,4)16(5,6)22-17/h8-9H,1-7H3. The molecule has 0 atom stereocenters. The molecule has 1 aliphatic rings. The van der Waals surface area contributed by atoms with Crippen molar-refractivity contribution >= 4 is 12.6 Å². The first-order valence-corrected chi connectivity index (χ1v) is 7.31. The van der Waals surface area contributed by atoms with Gasteiger partial charge in [-0.3, -0.25) is 0 Å². The highest BCUT2D eigenvalue weighted by atomic mass is 19.1. The number of halogens is 2. The number of hydrogen-bond donors (Lipinski definition) is 0. The molecule has 0 amide bonds. The second-order valence-electron chi connectivity index (χ2n) is 7.16. The molecule has 1 saturated heterocycles. The highest BCUT2D eigenvalue weighted by Gasteiger charge is 2.53. The number of rotatable bonds is 3. The molecule has 6 heteroatoms. The summed E-state index contributed by atoms with van der Waals surface area (Å²) in [4.78, 5) is 0. The fourth-order valence-electron chi connectivity index (χ4n) is 2.24. The minimum Gasteiger partial charge on any atom is -0.399 e. The van der Waals surface area contributed by atoms with Crippen LogP contribution in [0.4, 0.5) is 8.78 Å². The van der Waals surface area contributed by atoms with Gasteiger partial charge in [0, 0.05) is 7.11 Å². The van der Waals surface area contributed by atoms with Crippen LogP contribution in [-0.2, 0) is 19.6 Å². The summed E-state index contributed by atoms with van der Waals surface area (Å²) in [5.74, 6) is -1.39. The predicted molar refractivity (Wildman–Crippen MR) is 82.1 cm³/mol. The van der Waals surface area contributed by atoms with Crippen molar-refractivity contribution in [3.63, 3.8) is 0 Å². The molecule has 0 spiro atoms. The van der Waals surface area contributed by atoms with E-state index < -0.39 is 35.6 Å². The molecule has 0 N–H and O–H groups in total. The molecular weight excluding hydrogens is 289 g/mol. The van der Waals surface area contributed by atoms with Crippen molar-refractivity contribution in [3.8, 4) is 0 Å². The van der Waals surface area contributed by atoms with Crippen molar-refractivity contribution in [2.24, 2.45) is 0 Å². The molecule has 0 saturated carbocycles. The van der Waals surface area contributed by atoms with Gasteiger partial charge in [0.25, 0.3) is 0 Å². The Morgan fingerprint density at radius 1 is 1.00 bits per heavy atom. The van der Waals surface area contributed by atoms with Gasteiger partial charge in [-0.25, -0.2) is 8.78 Å². The number of benzene rings is 1. The van der Waals surface area contributed by atoms with Crippen molar-refractivity contribution in [2.75, 3.05) is 7.11 Å². The molecule has 1 fully saturated rings. The Bertz CT molecular complexity index is 546. The smallest absolute Gasteiger partial charge is 0.399 e. The topological polar surface area (TPSA) is 27.7 Å². The lowest BCUT2D eigenvalue weighted by molar-refractivity contribution is 0.00578. The van der Waals surface area contributed by atoms with E-state index in [4.69, 9.17) is 14.0 Å². The van der Waals surface area contributed by atoms with Gasteiger partial charge in [-0.05, 0) is 59.2 Å². The third-order valence-electron chi connectivity index (χ3n) is 4.77. The third kappa shape index (κ3) is 2.80. The van der Waals surface area contributed by atoms with Gasteiger partial charge in [-0.2, -0.15) is 0 Å². The van der Waals surface area contributed by atoms with E-state index in [2.05, 4.69) is 0 Å². The SMILES string of the molecule is COC(C)(C)c1cc(F)c(B2OC(C)(C)C(C)(C)O2)c(F)c1. The second kappa shape index (κ2) is 5.29. The van der Waals surface area contributed by atoms with Crippen LogP contribution in [0.3, 0.4) is 0 Å². The molecule has 0 bridgehead atoms. The van der Waals surface area contributed by atoms with Gasteiger partial charge in [-0.15, -0.1) is 0 Å². The van der Waals surface area contributed by atoms with E-state index in [0.29, 0.717) is 5.56 Å². The average molecular weight is 312 g/mol. The minimum atomic E-state index is -1.07. The Hall–Kier alpha value is -0.975. The Morgan fingerprint density at radius 2 is 1.41 bits per heavy atom. The number of hydrogen-bond acceptors (Lipinski definition) is 3. The van der Waals surface area contributed by atoms with E-state index in [1.165, 1.54) is 19.2 Å². The van der Waals surface area contributed by atoms with Crippen LogP contribution in [0.1, 0.15) is 47.1 Å². The molecule has 22 heavy (non-hydrogen) atoms. The molecule has 0 aromatic heterocycles. The van der Waals surface area contributed by atoms with Crippen molar-refractivity contribution in [3.05, 3.63) is 29.3 Å². The van der Waals surface area contributed by atoms with Crippen molar-refractivity contribution in [1.82, 2.24) is 0 Å². The highest BCUT2D eigenvalue weighted by molar-refractivity contribution is 6.62. The molecule has 1 aliphatic heterocycles. The van der Waals surface area contributed by atoms with Crippen LogP contribution in [0.25, 0.3) is 0 Å². The first-order chi connectivity index (χ1) is 9.91. The van der Waals surface area contributed by atoms with Crippen LogP contribution in [0.2, 0.25) is 0 Å². The minimum absolute atomic E-state index is 0.200. The fraction of sp³-hybridized carbons (Fsp3) is 0.625. The zero-order valence-electron chi connectivity index (χ0n) is 14.2. The van der Waals surface area contributed by atoms with Crippen LogP contribution < -0.4 is 5.46 Å². The number of methoxy groups -OCH3 is 1. The maximum Gasteiger partial charge on any atom is 0.500 e. The lowest BCUT2D eigenvalue weighted by Crippen LogP contribution is -2.41. The van der Waals surface area contributed by atoms with Gasteiger partial charge in [0.15, 0.2) is 0 Å². The summed E-state index contributed by atoms with van der Waals surface area (Å²) in [6.07, 6.45) is 0. The van der Waals surface area contributed by atoms with Gasteiger partial charge in [0.1, 0.15) is 11.6 Å². The molecular formula is C16H23BF2O3. The van der Waals surface area contributed by atoms with Crippen LogP contribution in [-0.4, -0.2) is 25.4 Å². The van der Waals surface area contributed by atoms with E-state index in [9.17, 15) is 8.78 Å². The summed E-state index contributed by atoms with van der Waals surface area (Å²) in [6, 6.07) is 2.54. The van der Waals surface area contributed by atoms with Crippen LogP contribution >= 0.6 is 0 Å². The van der Waals surface area contributed by atoms with Crippen molar-refractivity contribution in [2.45, 2.75) is 58.3 Å². The quantitative estimate of drug-likeness (QED) is 0.803. The van der Waals surface area contributed by atoms with Gasteiger partial charge in [0.2, 0.25) is 0 Å². The maximum absolute atomic E-state index is 14.5. The zero-order chi connectivity index (χ0) is 16.9. The van der Waals surface area contributed by atoms with Gasteiger partial charge in [-0.1, -0.05) is 0 Å². The van der Waals surface area contributed by atoms with Crippen molar-refractivity contribution < 1.29 is 22.8 Å². The lowest BCUT2D eigenvalue weighted by atomic mass is 9.77. The van der Waals surface area contributed by atoms with Crippen molar-refractivity contribution in [1.29, 1.82) is 0 Å². The number of ether oxygens (including phenoxy) is 1. The molecule has 122 valence electrons. The van der Waals surface area contributed by atoms with Crippen LogP contribution in [0, 0.1) is 11.6 Å². The molecule has 1 aromatic rings. The molecule has 0 unspecified atom stereocenters. The highest BCUT2D eigenvalue weighted by Crippen LogP contribution is 2.37. The second-order valence-corrected chi connectivity index (χ2v) is 7.16. The molecule has 0 aliphatic carbocycles. The first-order valence-electron chi connectivity index (χ1n) is 7.31. The Morgan fingerprint density at radius 3 is 1.77 bits per heavy atom. The van der Waals surface area contributed by atoms with E-state index >= 15 is 0 Å². The first kappa shape index (κ1) is 17.4. The molecule has 1 aromatic carbocycles. The molecule has 3 nitrogen and oxygen atoms in total. The Labute approximate surface area is 131 Å². The summed E-state index contributed by atoms with van der Waals surface area (Å²) in [7, 11) is 0.433. The summed E-state index contributed by atoms with van der Waals surface area (Å²) in [5, 5.41) is 0. The normalized spacial score (nSPS) is 20.5. The van der Waals surface area contributed by atoms with Crippen LogP contribution in [0.15, 0.2) is 12.1 Å². The van der Waals surface area contributed by atoms with Crippen LogP contribution in [0.5, 0.6) is 0 Å². The summed E-state index contributed by atoms with van der Waals surface area (Å²) in [5.41, 5.74) is -1.86. The van der Waals surface area contributed by atoms with E-state index in [-0.39, 0.29) is 5.46 Å². The largest absolute Gasteiger partial charge is 0.500 e. The van der Waals surface area contributed by atoms with Gasteiger partial charge in [0.05, 0.1) is 22.3 Å². The van der Waals surface area contributed by atoms with E-state index in [1.54, 1.807) is 13.8 Å². The molecule has 0 radical (unpaired) electrons. The predicted octanol–water partition coefficient (Wildman–Crippen LogP) is 3.15. The third-order valence-corrected chi connectivity index (χ3v) is 4.77. The molecule has 1 heterocycles. The summed E-state index contributed by atoms with van der Waals surface area (Å²) in [6.45, 7) is 10.8. The Kier molecular flexibility index (Phi) is 4.18.